The van der Waals surface area contributed by atoms with Crippen LogP contribution in [0.3, 0.4) is 0 Å². The lowest BCUT2D eigenvalue weighted by molar-refractivity contribution is -0.125. The molecule has 0 heterocycles. The van der Waals surface area contributed by atoms with Crippen molar-refractivity contribution in [2.45, 2.75) is 51.6 Å². The molecule has 1 saturated carbocycles. The molecule has 1 aliphatic rings. The van der Waals surface area contributed by atoms with Crippen LogP contribution in [0.4, 0.5) is 0 Å². The van der Waals surface area contributed by atoms with Crippen LogP contribution in [-0.4, -0.2) is 43.0 Å². The van der Waals surface area contributed by atoms with Gasteiger partial charge in [-0.3, -0.25) is 4.79 Å². The molecule has 0 aromatic heterocycles. The van der Waals surface area contributed by atoms with Crippen molar-refractivity contribution in [2.24, 2.45) is 11.1 Å². The molecule has 1 amide bonds. The van der Waals surface area contributed by atoms with Gasteiger partial charge in [-0.25, -0.2) is 0 Å². The molecule has 4 nitrogen and oxygen atoms in total. The van der Waals surface area contributed by atoms with Crippen molar-refractivity contribution in [3.63, 3.8) is 0 Å². The van der Waals surface area contributed by atoms with E-state index in [0.29, 0.717) is 6.54 Å². The first-order chi connectivity index (χ1) is 7.69. The second-order valence-corrected chi connectivity index (χ2v) is 6.53. The number of likely N-dealkylation sites (N-methyl/N-ethyl adjacent to an activating group) is 1. The largest absolute Gasteiger partial charge is 0.353 e. The molecule has 0 aromatic carbocycles. The average molecular weight is 241 g/mol. The second kappa shape index (κ2) is 4.94. The third kappa shape index (κ3) is 3.19. The molecule has 0 radical (unpaired) electrons. The summed E-state index contributed by atoms with van der Waals surface area (Å²) < 4.78 is 0. The van der Waals surface area contributed by atoms with Gasteiger partial charge < -0.3 is 16.0 Å². The Balaban J connectivity index is 2.48. The van der Waals surface area contributed by atoms with E-state index in [9.17, 15) is 4.79 Å². The van der Waals surface area contributed by atoms with Crippen molar-refractivity contribution in [3.05, 3.63) is 0 Å². The van der Waals surface area contributed by atoms with Gasteiger partial charge in [0.05, 0.1) is 6.04 Å². The molecule has 17 heavy (non-hydrogen) atoms. The fraction of sp³-hybridized carbons (Fsp3) is 0.923. The molecule has 0 aliphatic heterocycles. The molecule has 0 bridgehead atoms. The van der Waals surface area contributed by atoms with Crippen LogP contribution in [0.1, 0.15) is 40.0 Å². The molecule has 1 atom stereocenters. The van der Waals surface area contributed by atoms with Gasteiger partial charge in [0.25, 0.3) is 0 Å². The maximum absolute atomic E-state index is 11.9. The van der Waals surface area contributed by atoms with Gasteiger partial charge in [-0.1, -0.05) is 20.8 Å². The molecule has 1 aliphatic carbocycles. The number of rotatable bonds is 4. The summed E-state index contributed by atoms with van der Waals surface area (Å²) >= 11 is 0. The van der Waals surface area contributed by atoms with Gasteiger partial charge in [0.2, 0.25) is 5.91 Å². The summed E-state index contributed by atoms with van der Waals surface area (Å²) in [5.74, 6) is -0.0365. The fourth-order valence-corrected chi connectivity index (χ4v) is 2.12. The Kier molecular flexibility index (Phi) is 4.20. The molecule has 0 saturated heterocycles. The number of nitrogens with zero attached hydrogens (tertiary/aromatic N) is 1. The highest BCUT2D eigenvalue weighted by atomic mass is 16.2. The second-order valence-electron chi connectivity index (χ2n) is 6.53. The average Bonchev–Trinajstić information content (AvgIpc) is 2.12. The van der Waals surface area contributed by atoms with E-state index >= 15 is 0 Å². The van der Waals surface area contributed by atoms with Gasteiger partial charge in [0.15, 0.2) is 0 Å². The van der Waals surface area contributed by atoms with Gasteiger partial charge in [0, 0.05) is 12.1 Å². The van der Waals surface area contributed by atoms with Gasteiger partial charge in [0.1, 0.15) is 0 Å². The molecular weight excluding hydrogens is 214 g/mol. The van der Waals surface area contributed by atoms with E-state index in [1.807, 2.05) is 20.8 Å². The van der Waals surface area contributed by atoms with Crippen molar-refractivity contribution in [1.29, 1.82) is 0 Å². The number of hydrogen-bond donors (Lipinski definition) is 2. The molecule has 0 aromatic rings. The Morgan fingerprint density at radius 3 is 2.24 bits per heavy atom. The van der Waals surface area contributed by atoms with Crippen molar-refractivity contribution >= 4 is 5.91 Å². The third-order valence-electron chi connectivity index (χ3n) is 4.04. The van der Waals surface area contributed by atoms with Crippen LogP contribution in [0.2, 0.25) is 0 Å². The zero-order valence-electron chi connectivity index (χ0n) is 11.8. The van der Waals surface area contributed by atoms with Crippen molar-refractivity contribution in [3.8, 4) is 0 Å². The Morgan fingerprint density at radius 2 is 1.94 bits per heavy atom. The van der Waals surface area contributed by atoms with E-state index in [0.717, 1.165) is 12.8 Å². The van der Waals surface area contributed by atoms with Crippen LogP contribution in [-0.2, 0) is 4.79 Å². The molecule has 1 rings (SSSR count). The number of amides is 1. The fourth-order valence-electron chi connectivity index (χ4n) is 2.12. The van der Waals surface area contributed by atoms with Crippen LogP contribution >= 0.6 is 0 Å². The number of hydrogen-bond acceptors (Lipinski definition) is 3. The van der Waals surface area contributed by atoms with Crippen LogP contribution < -0.4 is 11.1 Å². The zero-order chi connectivity index (χ0) is 13.3. The SMILES string of the molecule is CN(C)C1(CNC(=O)C(N)C(C)(C)C)CCC1. The molecule has 3 N–H and O–H groups in total. The summed E-state index contributed by atoms with van der Waals surface area (Å²) in [6.07, 6.45) is 3.56. The molecule has 4 heteroatoms. The van der Waals surface area contributed by atoms with E-state index in [2.05, 4.69) is 24.3 Å². The van der Waals surface area contributed by atoms with Crippen LogP contribution in [0.25, 0.3) is 0 Å². The first kappa shape index (κ1) is 14.5. The Hall–Kier alpha value is -0.610. The van der Waals surface area contributed by atoms with Gasteiger partial charge in [-0.2, -0.15) is 0 Å². The molecule has 100 valence electrons. The summed E-state index contributed by atoms with van der Waals surface area (Å²) in [4.78, 5) is 14.2. The van der Waals surface area contributed by atoms with Crippen molar-refractivity contribution in [1.82, 2.24) is 10.2 Å². The van der Waals surface area contributed by atoms with Gasteiger partial charge >= 0.3 is 0 Å². The van der Waals surface area contributed by atoms with E-state index in [4.69, 9.17) is 5.73 Å². The van der Waals surface area contributed by atoms with Crippen LogP contribution in [0.15, 0.2) is 0 Å². The number of nitrogens with two attached hydrogens (primary N) is 1. The van der Waals surface area contributed by atoms with E-state index < -0.39 is 6.04 Å². The topological polar surface area (TPSA) is 58.4 Å². The Labute approximate surface area is 105 Å². The van der Waals surface area contributed by atoms with Gasteiger partial charge in [-0.05, 0) is 38.8 Å². The quantitative estimate of drug-likeness (QED) is 0.771. The summed E-state index contributed by atoms with van der Waals surface area (Å²) in [5.41, 5.74) is 5.91. The minimum Gasteiger partial charge on any atom is -0.353 e. The van der Waals surface area contributed by atoms with Crippen molar-refractivity contribution in [2.75, 3.05) is 20.6 Å². The third-order valence-corrected chi connectivity index (χ3v) is 4.04. The predicted molar refractivity (Wildman–Crippen MR) is 70.7 cm³/mol. The molecular formula is C13H27N3O. The lowest BCUT2D eigenvalue weighted by Gasteiger charge is -2.47. The first-order valence-electron chi connectivity index (χ1n) is 6.40. The van der Waals surface area contributed by atoms with Crippen molar-refractivity contribution < 1.29 is 4.79 Å². The van der Waals surface area contributed by atoms with Gasteiger partial charge in [-0.15, -0.1) is 0 Å². The molecule has 1 unspecified atom stereocenters. The highest BCUT2D eigenvalue weighted by Gasteiger charge is 2.40. The zero-order valence-corrected chi connectivity index (χ0v) is 11.8. The lowest BCUT2D eigenvalue weighted by atomic mass is 9.75. The predicted octanol–water partition coefficient (Wildman–Crippen LogP) is 0.960. The highest BCUT2D eigenvalue weighted by Crippen LogP contribution is 2.35. The smallest absolute Gasteiger partial charge is 0.237 e. The first-order valence-corrected chi connectivity index (χ1v) is 6.40. The minimum absolute atomic E-state index is 0.0365. The number of carbonyl (C=O) groups excluding carboxylic acids is 1. The van der Waals surface area contributed by atoms with Crippen LogP contribution in [0.5, 0.6) is 0 Å². The van der Waals surface area contributed by atoms with E-state index in [1.54, 1.807) is 0 Å². The maximum atomic E-state index is 11.9. The molecule has 0 spiro atoms. The lowest BCUT2D eigenvalue weighted by Crippen LogP contribution is -2.59. The minimum atomic E-state index is -0.443. The number of nitrogens with one attached hydrogen (secondary N) is 1. The van der Waals surface area contributed by atoms with Crippen LogP contribution in [0, 0.1) is 5.41 Å². The molecule has 1 fully saturated rings. The highest BCUT2D eigenvalue weighted by molar-refractivity contribution is 5.82. The summed E-state index contributed by atoms with van der Waals surface area (Å²) in [5, 5.41) is 3.01. The maximum Gasteiger partial charge on any atom is 0.237 e. The normalized spacial score (nSPS) is 20.9. The summed E-state index contributed by atoms with van der Waals surface area (Å²) in [7, 11) is 4.16. The standard InChI is InChI=1S/C13H27N3O/c1-12(2,3)10(14)11(17)15-9-13(16(4)5)7-6-8-13/h10H,6-9,14H2,1-5H3,(H,15,17). The summed E-state index contributed by atoms with van der Waals surface area (Å²) in [6, 6.07) is -0.443. The monoisotopic (exact) mass is 241 g/mol. The van der Waals surface area contributed by atoms with E-state index in [1.165, 1.54) is 6.42 Å². The number of carbonyl (C=O) groups is 1. The Morgan fingerprint density at radius 1 is 1.41 bits per heavy atom. The summed E-state index contributed by atoms with van der Waals surface area (Å²) in [6.45, 7) is 6.68. The van der Waals surface area contributed by atoms with E-state index in [-0.39, 0.29) is 16.9 Å². The Bertz CT molecular complexity index is 277.